The average Bonchev–Trinajstić information content (AvgIpc) is 2.80. The molecule has 20 heavy (non-hydrogen) atoms. The molecule has 2 unspecified atom stereocenters. The molecule has 0 spiro atoms. The van der Waals surface area contributed by atoms with Gasteiger partial charge in [-0.15, -0.1) is 0 Å². The lowest BCUT2D eigenvalue weighted by atomic mass is 10.0. The highest BCUT2D eigenvalue weighted by Crippen LogP contribution is 2.23. The molecule has 1 aromatic heterocycles. The van der Waals surface area contributed by atoms with Crippen LogP contribution in [0.25, 0.3) is 0 Å². The summed E-state index contributed by atoms with van der Waals surface area (Å²) in [5.74, 6) is -0.0189. The number of aryl methyl sites for hydroxylation is 1. The molecule has 0 aromatic carbocycles. The fourth-order valence-electron chi connectivity index (χ4n) is 2.63. The van der Waals surface area contributed by atoms with E-state index < -0.39 is 11.0 Å². The predicted molar refractivity (Wildman–Crippen MR) is 73.4 cm³/mol. The first kappa shape index (κ1) is 14.5. The fourth-order valence-corrected chi connectivity index (χ4v) is 2.63. The van der Waals surface area contributed by atoms with E-state index in [2.05, 4.69) is 5.10 Å². The Morgan fingerprint density at radius 2 is 2.25 bits per heavy atom. The van der Waals surface area contributed by atoms with E-state index in [1.165, 1.54) is 10.9 Å². The Morgan fingerprint density at radius 3 is 2.80 bits per heavy atom. The van der Waals surface area contributed by atoms with Gasteiger partial charge >= 0.3 is 5.69 Å². The van der Waals surface area contributed by atoms with Gasteiger partial charge in [0.05, 0.1) is 4.92 Å². The van der Waals surface area contributed by atoms with Gasteiger partial charge < -0.3 is 4.90 Å². The summed E-state index contributed by atoms with van der Waals surface area (Å²) in [6, 6.07) is -0.284. The third-order valence-corrected chi connectivity index (χ3v) is 3.93. The minimum atomic E-state index is -0.511. The maximum absolute atomic E-state index is 12.5. The van der Waals surface area contributed by atoms with Crippen LogP contribution in [0.1, 0.15) is 44.8 Å². The first-order chi connectivity index (χ1) is 9.41. The Kier molecular flexibility index (Phi) is 4.06. The minimum Gasteiger partial charge on any atom is -0.338 e. The summed E-state index contributed by atoms with van der Waals surface area (Å²) in [7, 11) is 0. The number of amides is 1. The summed E-state index contributed by atoms with van der Waals surface area (Å²) in [6.45, 7) is 6.11. The van der Waals surface area contributed by atoms with E-state index in [0.717, 1.165) is 25.8 Å². The molecule has 2 heterocycles. The number of nitrogens with zero attached hydrogens (tertiary/aromatic N) is 4. The number of piperidine rings is 1. The van der Waals surface area contributed by atoms with E-state index >= 15 is 0 Å². The molecule has 7 nitrogen and oxygen atoms in total. The molecular weight excluding hydrogens is 260 g/mol. The van der Waals surface area contributed by atoms with Crippen molar-refractivity contribution in [1.29, 1.82) is 0 Å². The van der Waals surface area contributed by atoms with Gasteiger partial charge in [0, 0.05) is 12.6 Å². The molecule has 0 bridgehead atoms. The van der Waals surface area contributed by atoms with Crippen LogP contribution < -0.4 is 0 Å². The molecule has 2 rings (SSSR count). The Balaban J connectivity index is 2.18. The quantitative estimate of drug-likeness (QED) is 0.627. The van der Waals surface area contributed by atoms with Gasteiger partial charge in [-0.3, -0.25) is 19.6 Å². The third kappa shape index (κ3) is 2.66. The summed E-state index contributed by atoms with van der Waals surface area (Å²) in [6.07, 6.45) is 4.51. The molecule has 1 amide bonds. The molecule has 0 aliphatic carbocycles. The van der Waals surface area contributed by atoms with Crippen LogP contribution in [0.4, 0.5) is 5.69 Å². The van der Waals surface area contributed by atoms with Crippen molar-refractivity contribution >= 4 is 11.6 Å². The average molecular weight is 280 g/mol. The zero-order valence-corrected chi connectivity index (χ0v) is 12.1. The molecule has 2 atom stereocenters. The van der Waals surface area contributed by atoms with Gasteiger partial charge in [0.25, 0.3) is 0 Å². The van der Waals surface area contributed by atoms with Crippen LogP contribution in [0.2, 0.25) is 0 Å². The van der Waals surface area contributed by atoms with E-state index in [1.807, 2.05) is 11.8 Å². The first-order valence-corrected chi connectivity index (χ1v) is 6.92. The van der Waals surface area contributed by atoms with Gasteiger partial charge in [0.1, 0.15) is 17.9 Å². The standard InChI is InChI=1S/C13H20N4O3/c1-9-6-4-5-7-15(9)13(18)11(3)16-8-12(17(19)20)10(2)14-16/h8-9,11H,4-7H2,1-3H3. The van der Waals surface area contributed by atoms with Crippen LogP contribution in [-0.4, -0.2) is 38.1 Å². The number of hydrogen-bond donors (Lipinski definition) is 0. The van der Waals surface area contributed by atoms with Gasteiger partial charge in [0.2, 0.25) is 5.91 Å². The molecule has 110 valence electrons. The lowest BCUT2D eigenvalue weighted by molar-refractivity contribution is -0.385. The van der Waals surface area contributed by atoms with Crippen LogP contribution in [0.3, 0.4) is 0 Å². The molecule has 0 saturated carbocycles. The summed E-state index contributed by atoms with van der Waals surface area (Å²) >= 11 is 0. The Bertz CT molecular complexity index is 526. The van der Waals surface area contributed by atoms with Crippen molar-refractivity contribution in [2.24, 2.45) is 0 Å². The van der Waals surface area contributed by atoms with Crippen LogP contribution in [0.15, 0.2) is 6.20 Å². The second-order valence-corrected chi connectivity index (χ2v) is 5.39. The van der Waals surface area contributed by atoms with Crippen molar-refractivity contribution in [2.45, 2.75) is 52.1 Å². The second-order valence-electron chi connectivity index (χ2n) is 5.39. The molecule has 1 aliphatic heterocycles. The van der Waals surface area contributed by atoms with E-state index in [-0.39, 0.29) is 17.6 Å². The SMILES string of the molecule is Cc1nn(C(C)C(=O)N2CCCCC2C)cc1[N+](=O)[O-]. The maximum Gasteiger partial charge on any atom is 0.309 e. The van der Waals surface area contributed by atoms with E-state index in [1.54, 1.807) is 13.8 Å². The lowest BCUT2D eigenvalue weighted by Gasteiger charge is -2.35. The monoisotopic (exact) mass is 280 g/mol. The number of rotatable bonds is 3. The number of carbonyl (C=O) groups is 1. The Morgan fingerprint density at radius 1 is 1.55 bits per heavy atom. The summed E-state index contributed by atoms with van der Waals surface area (Å²) in [5.41, 5.74) is 0.290. The Hall–Kier alpha value is -1.92. The van der Waals surface area contributed by atoms with Gasteiger partial charge in [-0.1, -0.05) is 0 Å². The van der Waals surface area contributed by atoms with Crippen molar-refractivity contribution in [3.05, 3.63) is 22.0 Å². The number of carbonyl (C=O) groups excluding carboxylic acids is 1. The molecule has 1 aliphatic rings. The van der Waals surface area contributed by atoms with Gasteiger partial charge in [0.15, 0.2) is 0 Å². The highest BCUT2D eigenvalue weighted by molar-refractivity contribution is 5.80. The van der Waals surface area contributed by atoms with Gasteiger partial charge in [-0.2, -0.15) is 5.10 Å². The summed E-state index contributed by atoms with van der Waals surface area (Å²) in [5, 5.41) is 14.9. The largest absolute Gasteiger partial charge is 0.338 e. The Labute approximate surface area is 117 Å². The minimum absolute atomic E-state index is 0.0189. The first-order valence-electron chi connectivity index (χ1n) is 6.92. The molecule has 0 N–H and O–H groups in total. The van der Waals surface area contributed by atoms with Gasteiger partial charge in [-0.25, -0.2) is 0 Å². The molecular formula is C13H20N4O3. The number of likely N-dealkylation sites (tertiary alicyclic amines) is 1. The lowest BCUT2D eigenvalue weighted by Crippen LogP contribution is -2.45. The summed E-state index contributed by atoms with van der Waals surface area (Å²) in [4.78, 5) is 24.7. The number of hydrogen-bond acceptors (Lipinski definition) is 4. The third-order valence-electron chi connectivity index (χ3n) is 3.93. The number of nitro groups is 1. The van der Waals surface area contributed by atoms with E-state index in [9.17, 15) is 14.9 Å². The van der Waals surface area contributed by atoms with Gasteiger partial charge in [-0.05, 0) is 40.0 Å². The van der Waals surface area contributed by atoms with Crippen molar-refractivity contribution in [3.8, 4) is 0 Å². The predicted octanol–water partition coefficient (Wildman–Crippen LogP) is 2.06. The van der Waals surface area contributed by atoms with Crippen LogP contribution in [0.5, 0.6) is 0 Å². The highest BCUT2D eigenvalue weighted by atomic mass is 16.6. The van der Waals surface area contributed by atoms with E-state index in [4.69, 9.17) is 0 Å². The topological polar surface area (TPSA) is 81.3 Å². The van der Waals surface area contributed by atoms with Crippen LogP contribution in [-0.2, 0) is 4.79 Å². The second kappa shape index (κ2) is 5.60. The zero-order chi connectivity index (χ0) is 14.9. The zero-order valence-electron chi connectivity index (χ0n) is 12.1. The van der Waals surface area contributed by atoms with Crippen LogP contribution >= 0.6 is 0 Å². The van der Waals surface area contributed by atoms with Crippen molar-refractivity contribution in [3.63, 3.8) is 0 Å². The molecule has 1 fully saturated rings. The van der Waals surface area contributed by atoms with Crippen LogP contribution in [0, 0.1) is 17.0 Å². The maximum atomic E-state index is 12.5. The molecule has 1 aromatic rings. The smallest absolute Gasteiger partial charge is 0.309 e. The highest BCUT2D eigenvalue weighted by Gasteiger charge is 2.29. The molecule has 0 radical (unpaired) electrons. The van der Waals surface area contributed by atoms with E-state index in [0.29, 0.717) is 5.69 Å². The van der Waals surface area contributed by atoms with Crippen molar-refractivity contribution in [1.82, 2.24) is 14.7 Å². The fraction of sp³-hybridized carbons (Fsp3) is 0.692. The van der Waals surface area contributed by atoms with Crippen molar-refractivity contribution in [2.75, 3.05) is 6.54 Å². The summed E-state index contributed by atoms with van der Waals surface area (Å²) < 4.78 is 1.40. The van der Waals surface area contributed by atoms with Crippen molar-refractivity contribution < 1.29 is 9.72 Å². The number of aromatic nitrogens is 2. The normalized spacial score (nSPS) is 20.8. The molecule has 1 saturated heterocycles. The molecule has 7 heteroatoms.